The van der Waals surface area contributed by atoms with E-state index in [1.165, 1.54) is 0 Å². The van der Waals surface area contributed by atoms with Gasteiger partial charge in [-0.25, -0.2) is 0 Å². The molecule has 1 saturated heterocycles. The number of ether oxygens (including phenoxy) is 2. The van der Waals surface area contributed by atoms with Gasteiger partial charge in [0, 0.05) is 38.8 Å². The molecule has 0 spiro atoms. The number of amides is 1. The minimum absolute atomic E-state index is 0. The van der Waals surface area contributed by atoms with Gasteiger partial charge in [0.25, 0.3) is 0 Å². The van der Waals surface area contributed by atoms with Crippen molar-refractivity contribution in [2.75, 3.05) is 46.9 Å². The molecule has 1 heterocycles. The maximum atomic E-state index is 12.9. The van der Waals surface area contributed by atoms with Crippen LogP contribution in [0.25, 0.3) is 0 Å². The van der Waals surface area contributed by atoms with Gasteiger partial charge in [0.15, 0.2) is 0 Å². The van der Waals surface area contributed by atoms with Crippen molar-refractivity contribution < 1.29 is 14.3 Å². The standard InChI is InChI=1S/C23H31N3O3.ClH/c1-4-29-19-11-9-18(10-12-19)16-25(2)23(27)17-26-14-13-24-15-21(26)20-7-5-6-8-22(20)28-3;/h5-12,21,24H,4,13-17H2,1-3H3;1H. The van der Waals surface area contributed by atoms with E-state index in [1.807, 2.05) is 56.4 Å². The van der Waals surface area contributed by atoms with Gasteiger partial charge in [-0.3, -0.25) is 9.69 Å². The Kier molecular flexibility index (Phi) is 9.43. The quantitative estimate of drug-likeness (QED) is 0.693. The number of hydrogen-bond donors (Lipinski definition) is 1. The maximum Gasteiger partial charge on any atom is 0.236 e. The van der Waals surface area contributed by atoms with Crippen LogP contribution in [-0.2, 0) is 11.3 Å². The lowest BCUT2D eigenvalue weighted by Crippen LogP contribution is -2.49. The highest BCUT2D eigenvalue weighted by molar-refractivity contribution is 5.85. The number of para-hydroxylation sites is 1. The molecule has 0 aliphatic carbocycles. The van der Waals surface area contributed by atoms with Crippen LogP contribution in [-0.4, -0.2) is 62.7 Å². The summed E-state index contributed by atoms with van der Waals surface area (Å²) >= 11 is 0. The molecule has 1 amide bonds. The average molecular weight is 434 g/mol. The molecule has 0 radical (unpaired) electrons. The molecule has 0 saturated carbocycles. The zero-order valence-electron chi connectivity index (χ0n) is 18.0. The van der Waals surface area contributed by atoms with Gasteiger partial charge < -0.3 is 19.7 Å². The number of methoxy groups -OCH3 is 1. The van der Waals surface area contributed by atoms with Crippen LogP contribution >= 0.6 is 12.4 Å². The maximum absolute atomic E-state index is 12.9. The van der Waals surface area contributed by atoms with Gasteiger partial charge in [-0.05, 0) is 30.7 Å². The Morgan fingerprint density at radius 2 is 1.93 bits per heavy atom. The lowest BCUT2D eigenvalue weighted by molar-refractivity contribution is -0.132. The van der Waals surface area contributed by atoms with Crippen LogP contribution in [0.1, 0.15) is 24.1 Å². The molecule has 164 valence electrons. The molecule has 3 rings (SSSR count). The van der Waals surface area contributed by atoms with E-state index in [0.29, 0.717) is 19.7 Å². The molecule has 1 fully saturated rings. The van der Waals surface area contributed by atoms with Gasteiger partial charge >= 0.3 is 0 Å². The van der Waals surface area contributed by atoms with Crippen molar-refractivity contribution in [2.45, 2.75) is 19.5 Å². The minimum Gasteiger partial charge on any atom is -0.496 e. The monoisotopic (exact) mass is 433 g/mol. The summed E-state index contributed by atoms with van der Waals surface area (Å²) in [7, 11) is 3.55. The molecule has 30 heavy (non-hydrogen) atoms. The van der Waals surface area contributed by atoms with Gasteiger partial charge in [0.2, 0.25) is 5.91 Å². The van der Waals surface area contributed by atoms with Crippen molar-refractivity contribution in [3.8, 4) is 11.5 Å². The second-order valence-corrected chi connectivity index (χ2v) is 7.26. The number of nitrogens with zero attached hydrogens (tertiary/aromatic N) is 2. The van der Waals surface area contributed by atoms with Crippen LogP contribution in [0, 0.1) is 0 Å². The Balaban J connectivity index is 0.00000320. The third-order valence-electron chi connectivity index (χ3n) is 5.27. The third-order valence-corrected chi connectivity index (χ3v) is 5.27. The smallest absolute Gasteiger partial charge is 0.236 e. The van der Waals surface area contributed by atoms with Crippen molar-refractivity contribution in [1.29, 1.82) is 0 Å². The summed E-state index contributed by atoms with van der Waals surface area (Å²) in [5.41, 5.74) is 2.20. The number of rotatable bonds is 8. The molecule has 1 aliphatic heterocycles. The molecule has 2 aromatic rings. The molecular weight excluding hydrogens is 402 g/mol. The SMILES string of the molecule is CCOc1ccc(CN(C)C(=O)CN2CCNCC2c2ccccc2OC)cc1.Cl. The minimum atomic E-state index is 0. The van der Waals surface area contributed by atoms with Crippen molar-refractivity contribution in [1.82, 2.24) is 15.1 Å². The summed E-state index contributed by atoms with van der Waals surface area (Å²) in [6.07, 6.45) is 0. The molecule has 2 aromatic carbocycles. The van der Waals surface area contributed by atoms with Crippen LogP contribution in [0.5, 0.6) is 11.5 Å². The molecule has 0 aromatic heterocycles. The fraction of sp³-hybridized carbons (Fsp3) is 0.435. The normalized spacial score (nSPS) is 16.4. The van der Waals surface area contributed by atoms with Gasteiger partial charge in [-0.15, -0.1) is 12.4 Å². The highest BCUT2D eigenvalue weighted by Gasteiger charge is 2.28. The first-order valence-electron chi connectivity index (χ1n) is 10.2. The van der Waals surface area contributed by atoms with E-state index in [-0.39, 0.29) is 24.4 Å². The summed E-state index contributed by atoms with van der Waals surface area (Å²) in [6, 6.07) is 16.1. The zero-order chi connectivity index (χ0) is 20.6. The third kappa shape index (κ3) is 6.11. The summed E-state index contributed by atoms with van der Waals surface area (Å²) in [4.78, 5) is 17.0. The number of hydrogen-bond acceptors (Lipinski definition) is 5. The Morgan fingerprint density at radius 1 is 1.20 bits per heavy atom. The number of halogens is 1. The van der Waals surface area contributed by atoms with E-state index in [0.717, 1.165) is 42.3 Å². The predicted molar refractivity (Wildman–Crippen MR) is 122 cm³/mol. The highest BCUT2D eigenvalue weighted by atomic mass is 35.5. The van der Waals surface area contributed by atoms with E-state index in [2.05, 4.69) is 16.3 Å². The Morgan fingerprint density at radius 3 is 2.63 bits per heavy atom. The fourth-order valence-corrected chi connectivity index (χ4v) is 3.70. The number of benzene rings is 2. The number of carbonyl (C=O) groups excluding carboxylic acids is 1. The van der Waals surface area contributed by atoms with Gasteiger partial charge in [0.05, 0.1) is 26.3 Å². The van der Waals surface area contributed by atoms with Crippen LogP contribution in [0.4, 0.5) is 0 Å². The first kappa shape index (κ1) is 24.0. The lowest BCUT2D eigenvalue weighted by atomic mass is 10.0. The summed E-state index contributed by atoms with van der Waals surface area (Å²) in [5, 5.41) is 3.44. The molecule has 0 bridgehead atoms. The Hall–Kier alpha value is -2.28. The molecule has 1 unspecified atom stereocenters. The number of carbonyl (C=O) groups is 1. The summed E-state index contributed by atoms with van der Waals surface area (Å²) in [6.45, 7) is 6.09. The Labute approximate surface area is 185 Å². The first-order chi connectivity index (χ1) is 14.1. The zero-order valence-corrected chi connectivity index (χ0v) is 18.8. The average Bonchev–Trinajstić information content (AvgIpc) is 2.75. The molecule has 7 heteroatoms. The van der Waals surface area contributed by atoms with Crippen LogP contribution in [0.15, 0.2) is 48.5 Å². The molecule has 6 nitrogen and oxygen atoms in total. The van der Waals surface area contributed by atoms with E-state index in [9.17, 15) is 4.79 Å². The second-order valence-electron chi connectivity index (χ2n) is 7.26. The van der Waals surface area contributed by atoms with Gasteiger partial charge in [-0.1, -0.05) is 30.3 Å². The predicted octanol–water partition coefficient (Wildman–Crippen LogP) is 3.12. The molecule has 1 aliphatic rings. The van der Waals surface area contributed by atoms with Crippen molar-refractivity contribution in [2.24, 2.45) is 0 Å². The molecule has 1 N–H and O–H groups in total. The number of nitrogens with one attached hydrogen (secondary N) is 1. The van der Waals surface area contributed by atoms with Crippen LogP contribution in [0.3, 0.4) is 0 Å². The van der Waals surface area contributed by atoms with E-state index in [1.54, 1.807) is 12.0 Å². The van der Waals surface area contributed by atoms with Crippen molar-refractivity contribution in [3.63, 3.8) is 0 Å². The first-order valence-corrected chi connectivity index (χ1v) is 10.2. The van der Waals surface area contributed by atoms with Crippen LogP contribution in [0.2, 0.25) is 0 Å². The van der Waals surface area contributed by atoms with E-state index < -0.39 is 0 Å². The summed E-state index contributed by atoms with van der Waals surface area (Å²) in [5.74, 6) is 1.83. The van der Waals surface area contributed by atoms with Gasteiger partial charge in [0.1, 0.15) is 11.5 Å². The Bertz CT molecular complexity index is 801. The lowest BCUT2D eigenvalue weighted by Gasteiger charge is -2.37. The molecule has 1 atom stereocenters. The van der Waals surface area contributed by atoms with Crippen LogP contribution < -0.4 is 14.8 Å². The highest BCUT2D eigenvalue weighted by Crippen LogP contribution is 2.30. The van der Waals surface area contributed by atoms with Crippen molar-refractivity contribution in [3.05, 3.63) is 59.7 Å². The van der Waals surface area contributed by atoms with Gasteiger partial charge in [-0.2, -0.15) is 0 Å². The number of likely N-dealkylation sites (N-methyl/N-ethyl adjacent to an activating group) is 1. The van der Waals surface area contributed by atoms with E-state index >= 15 is 0 Å². The van der Waals surface area contributed by atoms with Crippen molar-refractivity contribution >= 4 is 18.3 Å². The number of piperazine rings is 1. The van der Waals surface area contributed by atoms with E-state index in [4.69, 9.17) is 9.47 Å². The largest absolute Gasteiger partial charge is 0.496 e. The topological polar surface area (TPSA) is 54.0 Å². The molecular formula is C23H32ClN3O3. The second kappa shape index (κ2) is 11.8. The fourth-order valence-electron chi connectivity index (χ4n) is 3.70. The summed E-state index contributed by atoms with van der Waals surface area (Å²) < 4.78 is 11.0.